The van der Waals surface area contributed by atoms with Crippen LogP contribution in [-0.4, -0.2) is 44.9 Å². The van der Waals surface area contributed by atoms with Crippen molar-refractivity contribution in [3.05, 3.63) is 29.3 Å². The molecule has 1 aromatic carbocycles. The van der Waals surface area contributed by atoms with Crippen molar-refractivity contribution in [3.8, 4) is 0 Å². The molecule has 1 aliphatic rings. The summed E-state index contributed by atoms with van der Waals surface area (Å²) < 4.78 is 23.1. The van der Waals surface area contributed by atoms with Gasteiger partial charge < -0.3 is 5.32 Å². The summed E-state index contributed by atoms with van der Waals surface area (Å²) in [5, 5.41) is 8.10. The molecule has 0 bridgehead atoms. The van der Waals surface area contributed by atoms with Gasteiger partial charge in [0.15, 0.2) is 0 Å². The predicted octanol–water partition coefficient (Wildman–Crippen LogP) is 1.49. The smallest absolute Gasteiger partial charge is 0.251 e. The number of nitrogens with zero attached hydrogens (tertiary/aromatic N) is 1. The first-order valence-electron chi connectivity index (χ1n) is 8.34. The van der Waals surface area contributed by atoms with Crippen molar-refractivity contribution in [3.63, 3.8) is 0 Å². The number of piperidine rings is 1. The Kier molecular flexibility index (Phi) is 6.01. The second kappa shape index (κ2) is 7.63. The standard InChI is InChI=1S/C17H27N3O3S/c1-12-7-9-20(10-8-12)13(2)11-19-17(21)15-5-4-6-16(14(15)3)24(18,22)23/h4-6,12-13H,7-11H2,1-3H3,(H,19,21)(H2,18,22,23)/t13-/m0/s1. The van der Waals surface area contributed by atoms with Gasteiger partial charge in [0.1, 0.15) is 0 Å². The van der Waals surface area contributed by atoms with Crippen LogP contribution in [0.1, 0.15) is 42.6 Å². The van der Waals surface area contributed by atoms with E-state index < -0.39 is 10.0 Å². The minimum Gasteiger partial charge on any atom is -0.350 e. The number of amides is 1. The van der Waals surface area contributed by atoms with Crippen LogP contribution in [0.5, 0.6) is 0 Å². The zero-order valence-electron chi connectivity index (χ0n) is 14.6. The van der Waals surface area contributed by atoms with Crippen LogP contribution < -0.4 is 10.5 Å². The van der Waals surface area contributed by atoms with Crippen LogP contribution in [-0.2, 0) is 10.0 Å². The number of hydrogen-bond donors (Lipinski definition) is 2. The summed E-state index contributed by atoms with van der Waals surface area (Å²) in [7, 11) is -3.83. The van der Waals surface area contributed by atoms with Crippen molar-refractivity contribution in [1.82, 2.24) is 10.2 Å². The van der Waals surface area contributed by atoms with Gasteiger partial charge in [-0.3, -0.25) is 9.69 Å². The van der Waals surface area contributed by atoms with Crippen LogP contribution in [0, 0.1) is 12.8 Å². The van der Waals surface area contributed by atoms with E-state index in [-0.39, 0.29) is 16.8 Å². The molecule has 6 nitrogen and oxygen atoms in total. The maximum atomic E-state index is 12.4. The summed E-state index contributed by atoms with van der Waals surface area (Å²) in [5.74, 6) is 0.502. The van der Waals surface area contributed by atoms with Gasteiger partial charge in [-0.05, 0) is 63.4 Å². The molecule has 134 valence electrons. The van der Waals surface area contributed by atoms with E-state index in [4.69, 9.17) is 5.14 Å². The van der Waals surface area contributed by atoms with E-state index in [9.17, 15) is 13.2 Å². The fraction of sp³-hybridized carbons (Fsp3) is 0.588. The fourth-order valence-corrected chi connectivity index (χ4v) is 3.91. The molecule has 1 atom stereocenters. The molecule has 0 unspecified atom stereocenters. The lowest BCUT2D eigenvalue weighted by Gasteiger charge is -2.35. The summed E-state index contributed by atoms with van der Waals surface area (Å²) in [6.07, 6.45) is 2.38. The highest BCUT2D eigenvalue weighted by Gasteiger charge is 2.22. The van der Waals surface area contributed by atoms with Gasteiger partial charge in [-0.25, -0.2) is 13.6 Å². The number of benzene rings is 1. The third-order valence-electron chi connectivity index (χ3n) is 4.83. The summed E-state index contributed by atoms with van der Waals surface area (Å²) in [6.45, 7) is 8.61. The molecule has 1 aliphatic heterocycles. The zero-order chi connectivity index (χ0) is 17.9. The average molecular weight is 353 g/mol. The van der Waals surface area contributed by atoms with E-state index in [2.05, 4.69) is 24.1 Å². The van der Waals surface area contributed by atoms with Crippen LogP contribution in [0.4, 0.5) is 0 Å². The van der Waals surface area contributed by atoms with E-state index in [1.165, 1.54) is 25.0 Å². The number of nitrogens with two attached hydrogens (primary N) is 1. The minimum atomic E-state index is -3.83. The van der Waals surface area contributed by atoms with Gasteiger partial charge in [0.25, 0.3) is 5.91 Å². The Morgan fingerprint density at radius 2 is 2.00 bits per heavy atom. The second-order valence-corrected chi connectivity index (χ2v) is 8.28. The van der Waals surface area contributed by atoms with Crippen LogP contribution in [0.2, 0.25) is 0 Å². The van der Waals surface area contributed by atoms with Crippen LogP contribution in [0.3, 0.4) is 0 Å². The first-order valence-corrected chi connectivity index (χ1v) is 9.89. The number of carbonyl (C=O) groups excluding carboxylic acids is 1. The summed E-state index contributed by atoms with van der Waals surface area (Å²) >= 11 is 0. The number of sulfonamides is 1. The highest BCUT2D eigenvalue weighted by atomic mass is 32.2. The normalized spacial score (nSPS) is 18.3. The zero-order valence-corrected chi connectivity index (χ0v) is 15.4. The van der Waals surface area contributed by atoms with Gasteiger partial charge in [0.2, 0.25) is 10.0 Å². The maximum absolute atomic E-state index is 12.4. The van der Waals surface area contributed by atoms with Gasteiger partial charge in [-0.2, -0.15) is 0 Å². The Hall–Kier alpha value is -1.44. The topological polar surface area (TPSA) is 92.5 Å². The number of primary sulfonamides is 1. The predicted molar refractivity (Wildman–Crippen MR) is 94.3 cm³/mol. The molecule has 1 fully saturated rings. The minimum absolute atomic E-state index is 0.00628. The van der Waals surface area contributed by atoms with Crippen LogP contribution in [0.25, 0.3) is 0 Å². The lowest BCUT2D eigenvalue weighted by molar-refractivity contribution is 0.0921. The maximum Gasteiger partial charge on any atom is 0.251 e. The molecule has 0 spiro atoms. The molecule has 3 N–H and O–H groups in total. The van der Waals surface area contributed by atoms with Crippen molar-refractivity contribution >= 4 is 15.9 Å². The Morgan fingerprint density at radius 3 is 2.58 bits per heavy atom. The molecule has 0 aliphatic carbocycles. The monoisotopic (exact) mass is 353 g/mol. The van der Waals surface area contributed by atoms with Crippen molar-refractivity contribution in [2.24, 2.45) is 11.1 Å². The van der Waals surface area contributed by atoms with Gasteiger partial charge in [-0.1, -0.05) is 13.0 Å². The molecule has 24 heavy (non-hydrogen) atoms. The Bertz CT molecular complexity index is 695. The molecule has 1 heterocycles. The first-order chi connectivity index (χ1) is 11.2. The largest absolute Gasteiger partial charge is 0.350 e. The molecule has 0 aromatic heterocycles. The molecule has 7 heteroatoms. The molecular weight excluding hydrogens is 326 g/mol. The Balaban J connectivity index is 2.00. The van der Waals surface area contributed by atoms with Gasteiger partial charge >= 0.3 is 0 Å². The fourth-order valence-electron chi connectivity index (χ4n) is 3.10. The number of nitrogens with one attached hydrogen (secondary N) is 1. The SMILES string of the molecule is Cc1c(C(=O)NC[C@H](C)N2CCC(C)CC2)cccc1S(N)(=O)=O. The van der Waals surface area contributed by atoms with E-state index >= 15 is 0 Å². The van der Waals surface area contributed by atoms with Gasteiger partial charge in [0, 0.05) is 18.2 Å². The third-order valence-corrected chi connectivity index (χ3v) is 5.89. The van der Waals surface area contributed by atoms with E-state index in [0.29, 0.717) is 17.7 Å². The summed E-state index contributed by atoms with van der Waals surface area (Å²) in [5.41, 5.74) is 0.734. The quantitative estimate of drug-likeness (QED) is 0.839. The highest BCUT2D eigenvalue weighted by Crippen LogP contribution is 2.19. The average Bonchev–Trinajstić information content (AvgIpc) is 2.52. The van der Waals surface area contributed by atoms with Crippen LogP contribution in [0.15, 0.2) is 23.1 Å². The number of hydrogen-bond acceptors (Lipinski definition) is 4. The molecule has 2 rings (SSSR count). The summed E-state index contributed by atoms with van der Waals surface area (Å²) in [6, 6.07) is 4.83. The lowest BCUT2D eigenvalue weighted by atomic mass is 9.98. The lowest BCUT2D eigenvalue weighted by Crippen LogP contribution is -2.45. The Labute approximate surface area is 144 Å². The van der Waals surface area contributed by atoms with Crippen molar-refractivity contribution < 1.29 is 13.2 Å². The number of likely N-dealkylation sites (tertiary alicyclic amines) is 1. The van der Waals surface area contributed by atoms with Crippen molar-refractivity contribution in [2.75, 3.05) is 19.6 Å². The van der Waals surface area contributed by atoms with E-state index in [0.717, 1.165) is 19.0 Å². The van der Waals surface area contributed by atoms with Gasteiger partial charge in [0.05, 0.1) is 4.90 Å². The Morgan fingerprint density at radius 1 is 1.38 bits per heavy atom. The van der Waals surface area contributed by atoms with E-state index in [1.54, 1.807) is 13.0 Å². The molecule has 1 amide bonds. The molecule has 0 radical (unpaired) electrons. The van der Waals surface area contributed by atoms with Crippen molar-refractivity contribution in [1.29, 1.82) is 0 Å². The van der Waals surface area contributed by atoms with Crippen molar-refractivity contribution in [2.45, 2.75) is 44.6 Å². The number of carbonyl (C=O) groups is 1. The van der Waals surface area contributed by atoms with Gasteiger partial charge in [-0.15, -0.1) is 0 Å². The molecule has 1 aromatic rings. The highest BCUT2D eigenvalue weighted by molar-refractivity contribution is 7.89. The molecule has 0 saturated carbocycles. The van der Waals surface area contributed by atoms with Crippen LogP contribution >= 0.6 is 0 Å². The molecular formula is C17H27N3O3S. The first kappa shape index (κ1) is 18.9. The second-order valence-electron chi connectivity index (χ2n) is 6.75. The summed E-state index contributed by atoms with van der Waals surface area (Å²) in [4.78, 5) is 14.8. The molecule has 1 saturated heterocycles. The van der Waals surface area contributed by atoms with E-state index in [1.807, 2.05) is 0 Å². The third kappa shape index (κ3) is 4.55. The number of rotatable bonds is 5.